The van der Waals surface area contributed by atoms with Crippen LogP contribution in [0, 0.1) is 20.2 Å². The number of rotatable bonds is 6. The average molecular weight is 412 g/mol. The van der Waals surface area contributed by atoms with Gasteiger partial charge in [-0.1, -0.05) is 0 Å². The minimum absolute atomic E-state index is 0.102. The number of halogens is 3. The molecule has 0 bridgehead atoms. The molecule has 0 aliphatic carbocycles. The summed E-state index contributed by atoms with van der Waals surface area (Å²) in [7, 11) is 0. The molecule has 2 rings (SSSR count). The Balaban J connectivity index is 2.46. The molecule has 14 heteroatoms. The predicted molar refractivity (Wildman–Crippen MR) is 94.7 cm³/mol. The quantitative estimate of drug-likeness (QED) is 0.317. The van der Waals surface area contributed by atoms with E-state index in [0.717, 1.165) is 0 Å². The number of alkyl halides is 3. The highest BCUT2D eigenvalue weighted by Gasteiger charge is 2.38. The molecule has 29 heavy (non-hydrogen) atoms. The molecule has 0 heterocycles. The van der Waals surface area contributed by atoms with Gasteiger partial charge in [-0.15, -0.1) is 5.10 Å². The molecule has 0 aliphatic rings. The molecule has 0 radical (unpaired) electrons. The van der Waals surface area contributed by atoms with Crippen molar-refractivity contribution in [2.24, 2.45) is 21.7 Å². The number of nitrogens with zero attached hydrogens (tertiary/aromatic N) is 4. The van der Waals surface area contributed by atoms with Gasteiger partial charge in [-0.05, 0) is 29.8 Å². The molecule has 152 valence electrons. The van der Waals surface area contributed by atoms with E-state index >= 15 is 0 Å². The van der Waals surface area contributed by atoms with Crippen molar-refractivity contribution in [2.45, 2.75) is 6.18 Å². The summed E-state index contributed by atoms with van der Waals surface area (Å²) in [6, 6.07) is 5.67. The monoisotopic (exact) mass is 412 g/mol. The van der Waals surface area contributed by atoms with Crippen molar-refractivity contribution >= 4 is 23.5 Å². The van der Waals surface area contributed by atoms with E-state index in [2.05, 4.69) is 10.2 Å². The molecular formula is C15H11F3N6O5. The van der Waals surface area contributed by atoms with E-state index in [9.17, 15) is 33.4 Å². The number of nitro benzene ring substituents is 2. The molecule has 0 unspecified atom stereocenters. The summed E-state index contributed by atoms with van der Waals surface area (Å²) in [6.07, 6.45) is -3.77. The number of benzene rings is 2. The SMILES string of the molecule is NC(N)=NN=Cc1ccc(Oc2c([N+](=O)[O-])cc(C(F)(F)F)cc2[N+](=O)[O-])cc1. The Morgan fingerprint density at radius 1 is 1.03 bits per heavy atom. The van der Waals surface area contributed by atoms with Crippen LogP contribution in [-0.4, -0.2) is 22.0 Å². The van der Waals surface area contributed by atoms with Crippen LogP contribution in [0.3, 0.4) is 0 Å². The van der Waals surface area contributed by atoms with Crippen molar-refractivity contribution in [1.82, 2.24) is 0 Å². The molecular weight excluding hydrogens is 401 g/mol. The van der Waals surface area contributed by atoms with Gasteiger partial charge in [-0.2, -0.15) is 18.3 Å². The summed E-state index contributed by atoms with van der Waals surface area (Å²) in [6.45, 7) is 0. The first-order valence-corrected chi connectivity index (χ1v) is 7.43. The largest absolute Gasteiger partial charge is 0.444 e. The average Bonchev–Trinajstić information content (AvgIpc) is 2.61. The number of hydrogen-bond donors (Lipinski definition) is 2. The predicted octanol–water partition coefficient (Wildman–Crippen LogP) is 2.92. The summed E-state index contributed by atoms with van der Waals surface area (Å²) < 4.78 is 43.9. The highest BCUT2D eigenvalue weighted by Crippen LogP contribution is 2.44. The molecule has 4 N–H and O–H groups in total. The van der Waals surface area contributed by atoms with Gasteiger partial charge in [-0.3, -0.25) is 20.2 Å². The topological polar surface area (TPSA) is 172 Å². The molecule has 0 amide bonds. The van der Waals surface area contributed by atoms with Crippen LogP contribution in [0.15, 0.2) is 46.6 Å². The van der Waals surface area contributed by atoms with Crippen molar-refractivity contribution in [3.63, 3.8) is 0 Å². The zero-order chi connectivity index (χ0) is 21.8. The third-order valence-corrected chi connectivity index (χ3v) is 3.25. The summed E-state index contributed by atoms with van der Waals surface area (Å²) in [5.74, 6) is -1.31. The maximum Gasteiger partial charge on any atom is 0.416 e. The zero-order valence-corrected chi connectivity index (χ0v) is 14.2. The molecule has 0 saturated heterocycles. The minimum atomic E-state index is -5.02. The van der Waals surface area contributed by atoms with Gasteiger partial charge in [0.05, 0.1) is 21.6 Å². The highest BCUT2D eigenvalue weighted by atomic mass is 19.4. The van der Waals surface area contributed by atoms with Crippen molar-refractivity contribution in [3.05, 3.63) is 67.8 Å². The Bertz CT molecular complexity index is 965. The fraction of sp³-hybridized carbons (Fsp3) is 0.0667. The van der Waals surface area contributed by atoms with Crippen LogP contribution < -0.4 is 16.2 Å². The van der Waals surface area contributed by atoms with Gasteiger partial charge in [0.1, 0.15) is 5.75 Å². The maximum atomic E-state index is 12.9. The van der Waals surface area contributed by atoms with Gasteiger partial charge in [0.25, 0.3) is 5.75 Å². The lowest BCUT2D eigenvalue weighted by Gasteiger charge is -2.11. The molecule has 11 nitrogen and oxygen atoms in total. The van der Waals surface area contributed by atoms with E-state index in [-0.39, 0.29) is 23.8 Å². The van der Waals surface area contributed by atoms with Crippen molar-refractivity contribution < 1.29 is 27.8 Å². The molecule has 0 spiro atoms. The smallest absolute Gasteiger partial charge is 0.416 e. The number of hydrogen-bond acceptors (Lipinski definition) is 7. The first kappa shape index (κ1) is 21.1. The van der Waals surface area contributed by atoms with Crippen LogP contribution in [0.5, 0.6) is 11.5 Å². The fourth-order valence-electron chi connectivity index (χ4n) is 2.04. The van der Waals surface area contributed by atoms with E-state index < -0.39 is 38.7 Å². The van der Waals surface area contributed by atoms with Crippen LogP contribution in [0.1, 0.15) is 11.1 Å². The summed E-state index contributed by atoms with van der Waals surface area (Å²) in [4.78, 5) is 20.0. The van der Waals surface area contributed by atoms with Crippen molar-refractivity contribution in [3.8, 4) is 11.5 Å². The maximum absolute atomic E-state index is 12.9. The standard InChI is InChI=1S/C15H11F3N6O5/c16-15(17,18)9-5-11(23(25)26)13(12(6-9)24(27)28)29-10-3-1-8(2-4-10)7-21-22-14(19)20/h1-7H,(H4,19,20,22). The molecule has 0 aliphatic heterocycles. The molecule has 0 atom stereocenters. The van der Waals surface area contributed by atoms with Crippen molar-refractivity contribution in [1.29, 1.82) is 0 Å². The van der Waals surface area contributed by atoms with Gasteiger partial charge < -0.3 is 16.2 Å². The van der Waals surface area contributed by atoms with E-state index in [0.29, 0.717) is 5.56 Å². The Morgan fingerprint density at radius 3 is 1.97 bits per heavy atom. The third-order valence-electron chi connectivity index (χ3n) is 3.25. The van der Waals surface area contributed by atoms with Gasteiger partial charge >= 0.3 is 17.6 Å². The van der Waals surface area contributed by atoms with E-state index in [1.54, 1.807) is 0 Å². The van der Waals surface area contributed by atoms with E-state index in [1.165, 1.54) is 30.5 Å². The second-order valence-electron chi connectivity index (χ2n) is 5.30. The van der Waals surface area contributed by atoms with Gasteiger partial charge in [-0.25, -0.2) is 0 Å². The molecule has 0 saturated carbocycles. The third kappa shape index (κ3) is 5.38. The summed E-state index contributed by atoms with van der Waals surface area (Å²) >= 11 is 0. The molecule has 2 aromatic rings. The van der Waals surface area contributed by atoms with Crippen LogP contribution in [0.25, 0.3) is 0 Å². The minimum Gasteiger partial charge on any atom is -0.444 e. The first-order valence-electron chi connectivity index (χ1n) is 7.43. The van der Waals surface area contributed by atoms with Gasteiger partial charge in [0, 0.05) is 12.1 Å². The van der Waals surface area contributed by atoms with Crippen LogP contribution >= 0.6 is 0 Å². The lowest BCUT2D eigenvalue weighted by Crippen LogP contribution is -2.21. The first-order chi connectivity index (χ1) is 13.5. The van der Waals surface area contributed by atoms with Crippen LogP contribution in [-0.2, 0) is 6.18 Å². The number of nitrogens with two attached hydrogens (primary N) is 2. The van der Waals surface area contributed by atoms with Gasteiger partial charge in [0.15, 0.2) is 0 Å². The van der Waals surface area contributed by atoms with E-state index in [4.69, 9.17) is 16.2 Å². The number of ether oxygens (including phenoxy) is 1. The second-order valence-corrected chi connectivity index (χ2v) is 5.30. The Hall–Kier alpha value is -4.23. The van der Waals surface area contributed by atoms with Crippen molar-refractivity contribution in [2.75, 3.05) is 0 Å². The number of nitro groups is 2. The fourth-order valence-corrected chi connectivity index (χ4v) is 2.04. The van der Waals surface area contributed by atoms with E-state index in [1.807, 2.05) is 0 Å². The highest BCUT2D eigenvalue weighted by molar-refractivity contribution is 5.81. The Labute approximate surface area is 159 Å². The molecule has 0 aromatic heterocycles. The zero-order valence-electron chi connectivity index (χ0n) is 14.2. The Kier molecular flexibility index (Phi) is 5.96. The lowest BCUT2D eigenvalue weighted by molar-refractivity contribution is -0.396. The Morgan fingerprint density at radius 2 is 1.55 bits per heavy atom. The van der Waals surface area contributed by atoms with Gasteiger partial charge in [0.2, 0.25) is 5.96 Å². The summed E-state index contributed by atoms with van der Waals surface area (Å²) in [5, 5.41) is 29.3. The normalized spacial score (nSPS) is 11.3. The van der Waals surface area contributed by atoms with Crippen LogP contribution in [0.2, 0.25) is 0 Å². The lowest BCUT2D eigenvalue weighted by atomic mass is 10.1. The number of guanidine groups is 1. The summed E-state index contributed by atoms with van der Waals surface area (Å²) in [5.41, 5.74) is 6.71. The molecule has 2 aromatic carbocycles. The molecule has 0 fully saturated rings. The van der Waals surface area contributed by atoms with Crippen LogP contribution in [0.4, 0.5) is 24.5 Å². The second kappa shape index (κ2) is 8.20.